The minimum Gasteiger partial charge on any atom is -0.496 e. The van der Waals surface area contributed by atoms with Crippen molar-refractivity contribution >= 4 is 46.8 Å². The standard InChI is InChI=1S/C17H15ClN2O5S/c1-24-14-6-4-11(18)9-13(14)17(23)20-19-15(21)10-25-16(22)7-5-12-3-2-8-26-12/h2-9H,10H2,1H3,(H,19,21)(H,20,23)/b7-5+. The number of thiophene rings is 1. The smallest absolute Gasteiger partial charge is 0.331 e. The fourth-order valence-corrected chi connectivity index (χ4v) is 2.60. The van der Waals surface area contributed by atoms with Crippen LogP contribution < -0.4 is 15.6 Å². The molecule has 1 heterocycles. The average Bonchev–Trinajstić information content (AvgIpc) is 3.16. The van der Waals surface area contributed by atoms with E-state index < -0.39 is 24.4 Å². The molecule has 2 amide bonds. The van der Waals surface area contributed by atoms with Crippen LogP contribution in [0.3, 0.4) is 0 Å². The van der Waals surface area contributed by atoms with E-state index in [0.29, 0.717) is 10.8 Å². The van der Waals surface area contributed by atoms with Crippen molar-refractivity contribution < 1.29 is 23.9 Å². The van der Waals surface area contributed by atoms with Gasteiger partial charge in [-0.2, -0.15) is 0 Å². The first-order chi connectivity index (χ1) is 12.5. The van der Waals surface area contributed by atoms with Crippen LogP contribution in [0.1, 0.15) is 15.2 Å². The Morgan fingerprint density at radius 1 is 1.23 bits per heavy atom. The first-order valence-corrected chi connectivity index (χ1v) is 8.56. The van der Waals surface area contributed by atoms with Crippen molar-refractivity contribution in [1.29, 1.82) is 0 Å². The monoisotopic (exact) mass is 394 g/mol. The summed E-state index contributed by atoms with van der Waals surface area (Å²) in [7, 11) is 1.40. The van der Waals surface area contributed by atoms with Gasteiger partial charge in [-0.3, -0.25) is 20.4 Å². The van der Waals surface area contributed by atoms with Crippen LogP contribution in [0.15, 0.2) is 41.8 Å². The highest BCUT2D eigenvalue weighted by Gasteiger charge is 2.14. The van der Waals surface area contributed by atoms with Gasteiger partial charge in [0.1, 0.15) is 5.75 Å². The van der Waals surface area contributed by atoms with Crippen molar-refractivity contribution in [3.63, 3.8) is 0 Å². The largest absolute Gasteiger partial charge is 0.496 e. The zero-order valence-electron chi connectivity index (χ0n) is 13.7. The summed E-state index contributed by atoms with van der Waals surface area (Å²) in [5.41, 5.74) is 4.48. The second-order valence-electron chi connectivity index (χ2n) is 4.80. The molecule has 0 saturated heterocycles. The Balaban J connectivity index is 1.79. The van der Waals surface area contributed by atoms with Crippen molar-refractivity contribution in [2.24, 2.45) is 0 Å². The van der Waals surface area contributed by atoms with Gasteiger partial charge >= 0.3 is 5.97 Å². The normalized spacial score (nSPS) is 10.4. The molecule has 2 aromatic rings. The van der Waals surface area contributed by atoms with E-state index in [1.807, 2.05) is 17.5 Å². The second-order valence-corrected chi connectivity index (χ2v) is 6.22. The molecule has 0 unspecified atom stereocenters. The molecule has 0 aliphatic heterocycles. The zero-order chi connectivity index (χ0) is 18.9. The number of carbonyl (C=O) groups is 3. The van der Waals surface area contributed by atoms with Gasteiger partial charge < -0.3 is 9.47 Å². The SMILES string of the molecule is COc1ccc(Cl)cc1C(=O)NNC(=O)COC(=O)/C=C/c1cccs1. The van der Waals surface area contributed by atoms with E-state index in [4.69, 9.17) is 21.1 Å². The number of methoxy groups -OCH3 is 1. The third-order valence-electron chi connectivity index (χ3n) is 2.99. The highest BCUT2D eigenvalue weighted by molar-refractivity contribution is 7.10. The van der Waals surface area contributed by atoms with Crippen LogP contribution in [0.4, 0.5) is 0 Å². The van der Waals surface area contributed by atoms with Gasteiger partial charge in [0.15, 0.2) is 6.61 Å². The topological polar surface area (TPSA) is 93.7 Å². The molecule has 9 heteroatoms. The Labute approximate surface area is 158 Å². The number of esters is 1. The Morgan fingerprint density at radius 3 is 2.73 bits per heavy atom. The van der Waals surface area contributed by atoms with E-state index in [-0.39, 0.29) is 5.56 Å². The van der Waals surface area contributed by atoms with Gasteiger partial charge in [-0.1, -0.05) is 17.7 Å². The van der Waals surface area contributed by atoms with Crippen molar-refractivity contribution in [3.8, 4) is 5.75 Å². The molecule has 0 fully saturated rings. The lowest BCUT2D eigenvalue weighted by molar-refractivity contribution is -0.144. The van der Waals surface area contributed by atoms with Crippen molar-refractivity contribution in [3.05, 3.63) is 57.3 Å². The summed E-state index contributed by atoms with van der Waals surface area (Å²) in [6.07, 6.45) is 2.80. The zero-order valence-corrected chi connectivity index (χ0v) is 15.2. The predicted octanol–water partition coefficient (Wildman–Crippen LogP) is 2.43. The lowest BCUT2D eigenvalue weighted by Gasteiger charge is -2.10. The van der Waals surface area contributed by atoms with Gasteiger partial charge in [-0.25, -0.2) is 4.79 Å². The van der Waals surface area contributed by atoms with Crippen LogP contribution in [-0.4, -0.2) is 31.5 Å². The first-order valence-electron chi connectivity index (χ1n) is 7.30. The maximum atomic E-state index is 12.1. The third-order valence-corrected chi connectivity index (χ3v) is 4.07. The minimum absolute atomic E-state index is 0.149. The number of ether oxygens (including phenoxy) is 2. The van der Waals surface area contributed by atoms with Gasteiger partial charge in [-0.15, -0.1) is 11.3 Å². The molecule has 0 spiro atoms. The van der Waals surface area contributed by atoms with Gasteiger partial charge in [0.25, 0.3) is 11.8 Å². The third kappa shape index (κ3) is 5.91. The summed E-state index contributed by atoms with van der Waals surface area (Å²) in [5, 5.41) is 2.21. The maximum Gasteiger partial charge on any atom is 0.331 e. The highest BCUT2D eigenvalue weighted by Crippen LogP contribution is 2.22. The molecule has 2 N–H and O–H groups in total. The second kappa shape index (κ2) is 9.59. The molecular weight excluding hydrogens is 380 g/mol. The number of amides is 2. The van der Waals surface area contributed by atoms with Crippen molar-refractivity contribution in [2.45, 2.75) is 0 Å². The maximum absolute atomic E-state index is 12.1. The summed E-state index contributed by atoms with van der Waals surface area (Å²) >= 11 is 7.31. The molecule has 1 aromatic heterocycles. The number of carbonyl (C=O) groups excluding carboxylic acids is 3. The fraction of sp³-hybridized carbons (Fsp3) is 0.118. The molecule has 0 bridgehead atoms. The van der Waals surface area contributed by atoms with Crippen LogP contribution in [0.5, 0.6) is 5.75 Å². The van der Waals surface area contributed by atoms with Gasteiger partial charge in [0.05, 0.1) is 12.7 Å². The van der Waals surface area contributed by atoms with Crippen molar-refractivity contribution in [2.75, 3.05) is 13.7 Å². The van der Waals surface area contributed by atoms with Crippen molar-refractivity contribution in [1.82, 2.24) is 10.9 Å². The molecule has 136 valence electrons. The number of halogens is 1. The summed E-state index contributed by atoms with van der Waals surface area (Å²) in [5.74, 6) is -1.69. The van der Waals surface area contributed by atoms with Gasteiger partial charge in [-0.05, 0) is 35.7 Å². The van der Waals surface area contributed by atoms with Crippen LogP contribution in [0.25, 0.3) is 6.08 Å². The Bertz CT molecular complexity index is 821. The van der Waals surface area contributed by atoms with E-state index in [1.54, 1.807) is 12.1 Å². The summed E-state index contributed by atoms with van der Waals surface area (Å²) in [6, 6.07) is 8.18. The number of benzene rings is 1. The van der Waals surface area contributed by atoms with Crippen LogP contribution in [0.2, 0.25) is 5.02 Å². The first kappa shape index (κ1) is 19.5. The number of hydrogen-bond acceptors (Lipinski definition) is 6. The van der Waals surface area contributed by atoms with Crippen LogP contribution >= 0.6 is 22.9 Å². The quantitative estimate of drug-likeness (QED) is 0.446. The van der Waals surface area contributed by atoms with Gasteiger partial charge in [0.2, 0.25) is 0 Å². The molecule has 0 atom stereocenters. The van der Waals surface area contributed by atoms with Gasteiger partial charge in [0, 0.05) is 16.0 Å². The molecule has 0 radical (unpaired) electrons. The number of nitrogens with one attached hydrogen (secondary N) is 2. The molecule has 2 rings (SSSR count). The molecular formula is C17H15ClN2O5S. The highest BCUT2D eigenvalue weighted by atomic mass is 35.5. The van der Waals surface area contributed by atoms with E-state index in [9.17, 15) is 14.4 Å². The number of hydrazine groups is 1. The fourth-order valence-electron chi connectivity index (χ4n) is 1.81. The Hall–Kier alpha value is -2.84. The van der Waals surface area contributed by atoms with Crippen LogP contribution in [-0.2, 0) is 14.3 Å². The lowest BCUT2D eigenvalue weighted by Crippen LogP contribution is -2.43. The molecule has 0 aliphatic rings. The number of hydrogen-bond donors (Lipinski definition) is 2. The molecule has 7 nitrogen and oxygen atoms in total. The van der Waals surface area contributed by atoms with E-state index >= 15 is 0 Å². The Morgan fingerprint density at radius 2 is 2.04 bits per heavy atom. The lowest BCUT2D eigenvalue weighted by atomic mass is 10.2. The predicted molar refractivity (Wildman–Crippen MR) is 97.9 cm³/mol. The molecule has 0 saturated carbocycles. The van der Waals surface area contributed by atoms with E-state index in [2.05, 4.69) is 10.9 Å². The minimum atomic E-state index is -0.697. The average molecular weight is 395 g/mol. The van der Waals surface area contributed by atoms with E-state index in [1.165, 1.54) is 36.7 Å². The Kier molecular flexibility index (Phi) is 7.19. The summed E-state index contributed by atoms with van der Waals surface area (Å²) < 4.78 is 9.83. The molecule has 26 heavy (non-hydrogen) atoms. The summed E-state index contributed by atoms with van der Waals surface area (Å²) in [6.45, 7) is -0.541. The summed E-state index contributed by atoms with van der Waals surface area (Å²) in [4.78, 5) is 36.1. The molecule has 0 aliphatic carbocycles. The molecule has 1 aromatic carbocycles. The number of rotatable bonds is 6. The van der Waals surface area contributed by atoms with Crippen LogP contribution in [0, 0.1) is 0 Å². The van der Waals surface area contributed by atoms with E-state index in [0.717, 1.165) is 4.88 Å².